The van der Waals surface area contributed by atoms with Gasteiger partial charge >= 0.3 is 5.97 Å². The number of aliphatic carboxylic acids is 1. The number of carboxylic acids is 1. The number of nitrogens with one attached hydrogen (secondary N) is 1. The maximum atomic E-state index is 12.7. The summed E-state index contributed by atoms with van der Waals surface area (Å²) >= 11 is 0. The van der Waals surface area contributed by atoms with Crippen LogP contribution in [0.4, 0.5) is 0 Å². The number of hydrogen-bond donors (Lipinski definition) is 2. The molecule has 0 aliphatic heterocycles. The minimum atomic E-state index is -0.871. The highest BCUT2D eigenvalue weighted by Crippen LogP contribution is 2.23. The van der Waals surface area contributed by atoms with Crippen molar-refractivity contribution in [2.75, 3.05) is 5.43 Å². The van der Waals surface area contributed by atoms with Crippen LogP contribution in [0.25, 0.3) is 11.3 Å². The van der Waals surface area contributed by atoms with Crippen molar-refractivity contribution >= 4 is 11.9 Å². The zero-order chi connectivity index (χ0) is 19.4. The van der Waals surface area contributed by atoms with E-state index in [1.54, 1.807) is 10.7 Å². The Kier molecular flexibility index (Phi) is 5.41. The molecule has 27 heavy (non-hydrogen) atoms. The molecule has 0 radical (unpaired) electrons. The number of rotatable bonds is 6. The molecule has 3 aromatic rings. The molecule has 2 aromatic carbocycles. The summed E-state index contributed by atoms with van der Waals surface area (Å²) < 4.78 is 1.69. The van der Waals surface area contributed by atoms with E-state index in [1.165, 1.54) is 0 Å². The minimum Gasteiger partial charge on any atom is -0.481 e. The second kappa shape index (κ2) is 7.91. The molecule has 0 saturated carbocycles. The molecular formula is C22H22N2O3. The first kappa shape index (κ1) is 18.5. The van der Waals surface area contributed by atoms with Crippen molar-refractivity contribution in [3.8, 4) is 11.3 Å². The highest BCUT2D eigenvalue weighted by atomic mass is 16.4. The molecule has 1 aromatic heterocycles. The van der Waals surface area contributed by atoms with Gasteiger partial charge in [-0.1, -0.05) is 47.5 Å². The summed E-state index contributed by atoms with van der Waals surface area (Å²) in [5, 5.41) is 9.01. The maximum Gasteiger partial charge on any atom is 0.303 e. The van der Waals surface area contributed by atoms with Crippen LogP contribution in [0.15, 0.2) is 60.7 Å². The van der Waals surface area contributed by atoms with Crippen molar-refractivity contribution in [3.05, 3.63) is 83.0 Å². The lowest BCUT2D eigenvalue weighted by atomic mass is 10.1. The van der Waals surface area contributed by atoms with Crippen LogP contribution in [0.5, 0.6) is 0 Å². The van der Waals surface area contributed by atoms with Gasteiger partial charge in [-0.25, -0.2) is 0 Å². The third-order valence-corrected chi connectivity index (χ3v) is 4.40. The molecular weight excluding hydrogens is 340 g/mol. The molecule has 0 saturated heterocycles. The van der Waals surface area contributed by atoms with E-state index in [9.17, 15) is 9.59 Å². The van der Waals surface area contributed by atoms with Gasteiger partial charge in [0.05, 0.1) is 12.1 Å². The molecule has 1 heterocycles. The molecule has 0 atom stereocenters. The molecule has 0 unspecified atom stereocenters. The van der Waals surface area contributed by atoms with E-state index in [4.69, 9.17) is 5.11 Å². The van der Waals surface area contributed by atoms with E-state index >= 15 is 0 Å². The second-order valence-electron chi connectivity index (χ2n) is 6.62. The van der Waals surface area contributed by atoms with Gasteiger partial charge in [0, 0.05) is 23.2 Å². The minimum absolute atomic E-state index is 0.00231. The fourth-order valence-corrected chi connectivity index (χ4v) is 2.94. The summed E-state index contributed by atoms with van der Waals surface area (Å²) in [6, 6.07) is 19.1. The first-order chi connectivity index (χ1) is 12.9. The van der Waals surface area contributed by atoms with Crippen molar-refractivity contribution in [1.29, 1.82) is 0 Å². The molecule has 5 heteroatoms. The lowest BCUT2D eigenvalue weighted by molar-refractivity contribution is -0.136. The van der Waals surface area contributed by atoms with Crippen LogP contribution < -0.4 is 5.43 Å². The number of aromatic nitrogens is 1. The first-order valence-corrected chi connectivity index (χ1v) is 8.81. The highest BCUT2D eigenvalue weighted by Gasteiger charge is 2.15. The van der Waals surface area contributed by atoms with Crippen LogP contribution in [0.1, 0.15) is 33.6 Å². The molecule has 0 spiro atoms. The molecule has 0 aliphatic rings. The highest BCUT2D eigenvalue weighted by molar-refractivity contribution is 6.00. The Morgan fingerprint density at radius 1 is 0.963 bits per heavy atom. The van der Waals surface area contributed by atoms with Gasteiger partial charge in [-0.15, -0.1) is 0 Å². The number of amides is 1. The smallest absolute Gasteiger partial charge is 0.303 e. The molecule has 1 amide bonds. The van der Waals surface area contributed by atoms with E-state index in [0.717, 1.165) is 28.1 Å². The third kappa shape index (κ3) is 4.44. The van der Waals surface area contributed by atoms with Crippen LogP contribution in [-0.4, -0.2) is 21.7 Å². The molecule has 0 bridgehead atoms. The Labute approximate surface area is 158 Å². The number of nitrogens with zero attached hydrogens (tertiary/aromatic N) is 1. The summed E-state index contributed by atoms with van der Waals surface area (Å²) in [5.41, 5.74) is 8.14. The number of benzene rings is 2. The fourth-order valence-electron chi connectivity index (χ4n) is 2.94. The fraction of sp³-hybridized carbons (Fsp3) is 0.182. The lowest BCUT2D eigenvalue weighted by Gasteiger charge is -2.15. The average Bonchev–Trinajstić information content (AvgIpc) is 3.03. The molecule has 138 valence electrons. The topological polar surface area (TPSA) is 71.3 Å². The van der Waals surface area contributed by atoms with Gasteiger partial charge < -0.3 is 5.11 Å². The molecule has 0 aliphatic carbocycles. The summed E-state index contributed by atoms with van der Waals surface area (Å²) in [5.74, 6) is -1.11. The number of carboxylic acid groups (broad SMARTS) is 1. The normalized spacial score (nSPS) is 10.6. The van der Waals surface area contributed by atoms with Crippen molar-refractivity contribution in [2.24, 2.45) is 0 Å². The zero-order valence-corrected chi connectivity index (χ0v) is 15.4. The van der Waals surface area contributed by atoms with Gasteiger partial charge in [-0.3, -0.25) is 19.7 Å². The van der Waals surface area contributed by atoms with E-state index in [2.05, 4.69) is 5.43 Å². The number of carbonyl (C=O) groups excluding carboxylic acids is 1. The van der Waals surface area contributed by atoms with Gasteiger partial charge in [-0.05, 0) is 38.1 Å². The Balaban J connectivity index is 1.96. The monoisotopic (exact) mass is 362 g/mol. The van der Waals surface area contributed by atoms with Crippen LogP contribution in [-0.2, 0) is 11.2 Å². The molecule has 0 fully saturated rings. The third-order valence-electron chi connectivity index (χ3n) is 4.40. The molecule has 2 N–H and O–H groups in total. The molecule has 3 rings (SSSR count). The van der Waals surface area contributed by atoms with Crippen LogP contribution in [0, 0.1) is 13.8 Å². The van der Waals surface area contributed by atoms with Gasteiger partial charge in [0.1, 0.15) is 0 Å². The zero-order valence-electron chi connectivity index (χ0n) is 15.4. The summed E-state index contributed by atoms with van der Waals surface area (Å²) in [6.45, 7) is 3.95. The van der Waals surface area contributed by atoms with Crippen molar-refractivity contribution in [2.45, 2.75) is 26.7 Å². The second-order valence-corrected chi connectivity index (χ2v) is 6.62. The predicted octanol–water partition coefficient (Wildman–Crippen LogP) is 4.17. The van der Waals surface area contributed by atoms with Crippen molar-refractivity contribution in [3.63, 3.8) is 0 Å². The van der Waals surface area contributed by atoms with Crippen LogP contribution in [0.3, 0.4) is 0 Å². The van der Waals surface area contributed by atoms with Crippen LogP contribution in [0.2, 0.25) is 0 Å². The number of carbonyl (C=O) groups is 2. The maximum absolute atomic E-state index is 12.7. The van der Waals surface area contributed by atoms with Crippen LogP contribution >= 0.6 is 0 Å². The number of hydrogen-bond acceptors (Lipinski definition) is 2. The Bertz CT molecular complexity index is 971. The predicted molar refractivity (Wildman–Crippen MR) is 105 cm³/mol. The quantitative estimate of drug-likeness (QED) is 0.691. The van der Waals surface area contributed by atoms with Gasteiger partial charge in [0.15, 0.2) is 0 Å². The summed E-state index contributed by atoms with van der Waals surface area (Å²) in [7, 11) is 0. The summed E-state index contributed by atoms with van der Waals surface area (Å²) in [6.07, 6.45) is 0.326. The van der Waals surface area contributed by atoms with Gasteiger partial charge in [0.2, 0.25) is 0 Å². The Morgan fingerprint density at radius 3 is 2.37 bits per heavy atom. The first-order valence-electron chi connectivity index (χ1n) is 8.81. The SMILES string of the molecule is Cc1ccc(-c2ccc(CCC(=O)O)n2NC(=O)c2cccc(C)c2)cc1. The number of aryl methyl sites for hydroxylation is 3. The van der Waals surface area contributed by atoms with E-state index < -0.39 is 5.97 Å². The van der Waals surface area contributed by atoms with E-state index in [0.29, 0.717) is 12.0 Å². The molecule has 5 nitrogen and oxygen atoms in total. The largest absolute Gasteiger partial charge is 0.481 e. The Morgan fingerprint density at radius 2 is 1.70 bits per heavy atom. The average molecular weight is 362 g/mol. The van der Waals surface area contributed by atoms with E-state index in [1.807, 2.05) is 68.4 Å². The van der Waals surface area contributed by atoms with Gasteiger partial charge in [-0.2, -0.15) is 0 Å². The standard InChI is InChI=1S/C22H22N2O3/c1-15-6-8-17(9-7-15)20-12-10-19(11-13-21(25)26)24(20)23-22(27)18-5-3-4-16(2)14-18/h3-10,12,14H,11,13H2,1-2H3,(H,23,27)(H,25,26). The lowest BCUT2D eigenvalue weighted by Crippen LogP contribution is -2.25. The van der Waals surface area contributed by atoms with Crippen molar-refractivity contribution in [1.82, 2.24) is 4.68 Å². The van der Waals surface area contributed by atoms with Crippen molar-refractivity contribution < 1.29 is 14.7 Å². The van der Waals surface area contributed by atoms with E-state index in [-0.39, 0.29) is 12.3 Å². The van der Waals surface area contributed by atoms with Gasteiger partial charge in [0.25, 0.3) is 5.91 Å². The summed E-state index contributed by atoms with van der Waals surface area (Å²) in [4.78, 5) is 23.7. The Hall–Kier alpha value is -3.34.